The highest BCUT2D eigenvalue weighted by Gasteiger charge is 2.14. The van der Waals surface area contributed by atoms with Crippen LogP contribution >= 0.6 is 0 Å². The summed E-state index contributed by atoms with van der Waals surface area (Å²) in [5.41, 5.74) is 1.17. The number of anilines is 1. The average Bonchev–Trinajstić information content (AvgIpc) is 3.00. The van der Waals surface area contributed by atoms with Gasteiger partial charge in [0.05, 0.1) is 5.52 Å². The van der Waals surface area contributed by atoms with Gasteiger partial charge in [-0.15, -0.1) is 0 Å². The van der Waals surface area contributed by atoms with Crippen LogP contribution in [0.25, 0.3) is 16.7 Å². The topological polar surface area (TPSA) is 42.7 Å². The molecule has 0 aliphatic heterocycles. The Morgan fingerprint density at radius 2 is 1.86 bits per heavy atom. The molecule has 1 aliphatic carbocycles. The molecule has 1 N–H and O–H groups in total. The van der Waals surface area contributed by atoms with E-state index in [1.165, 1.54) is 43.0 Å². The minimum absolute atomic E-state index is 0.519. The second-order valence-electron chi connectivity index (χ2n) is 5.96. The van der Waals surface area contributed by atoms with Crippen LogP contribution in [0.15, 0.2) is 48.8 Å². The molecule has 1 aromatic carbocycles. The third-order valence-corrected chi connectivity index (χ3v) is 4.43. The molecule has 1 fully saturated rings. The molecule has 4 nitrogen and oxygen atoms in total. The molecule has 0 radical (unpaired) electrons. The lowest BCUT2D eigenvalue weighted by atomic mass is 9.96. The summed E-state index contributed by atoms with van der Waals surface area (Å²) in [5, 5.41) is 4.72. The summed E-state index contributed by atoms with van der Waals surface area (Å²) in [6.45, 7) is 0. The van der Waals surface area contributed by atoms with Gasteiger partial charge in [-0.25, -0.2) is 4.98 Å². The number of nitrogens with one attached hydrogen (secondary N) is 1. The van der Waals surface area contributed by atoms with Crippen molar-refractivity contribution in [3.63, 3.8) is 0 Å². The smallest absolute Gasteiger partial charge is 0.224 e. The van der Waals surface area contributed by atoms with E-state index < -0.39 is 0 Å². The van der Waals surface area contributed by atoms with Gasteiger partial charge < -0.3 is 9.88 Å². The van der Waals surface area contributed by atoms with Crippen molar-refractivity contribution >= 4 is 16.9 Å². The van der Waals surface area contributed by atoms with Crippen LogP contribution in [0.5, 0.6) is 0 Å². The lowest BCUT2D eigenvalue weighted by Gasteiger charge is -2.22. The van der Waals surface area contributed by atoms with Crippen LogP contribution in [0.4, 0.5) is 5.95 Å². The second kappa shape index (κ2) is 5.79. The molecule has 22 heavy (non-hydrogen) atoms. The Morgan fingerprint density at radius 1 is 1.00 bits per heavy atom. The molecule has 0 bridgehead atoms. The lowest BCUT2D eigenvalue weighted by molar-refractivity contribution is 0.461. The first-order valence-electron chi connectivity index (χ1n) is 8.06. The van der Waals surface area contributed by atoms with Crippen LogP contribution < -0.4 is 5.32 Å². The van der Waals surface area contributed by atoms with Crippen LogP contribution in [0.1, 0.15) is 32.1 Å². The van der Waals surface area contributed by atoms with Crippen molar-refractivity contribution in [2.24, 2.45) is 0 Å². The molecular weight excluding hydrogens is 272 g/mol. The number of nitrogens with zero attached hydrogens (tertiary/aromatic N) is 3. The first kappa shape index (κ1) is 13.3. The number of benzene rings is 1. The molecule has 2 aromatic heterocycles. The minimum Gasteiger partial charge on any atom is -0.351 e. The van der Waals surface area contributed by atoms with E-state index in [9.17, 15) is 0 Å². The average molecular weight is 292 g/mol. The zero-order valence-electron chi connectivity index (χ0n) is 12.6. The quantitative estimate of drug-likeness (QED) is 0.788. The molecule has 0 saturated heterocycles. The SMILES string of the molecule is c1ccc2c(c1)ccn2-c1ccnc(NC2CCCCC2)n1. The highest BCUT2D eigenvalue weighted by atomic mass is 15.2. The summed E-state index contributed by atoms with van der Waals surface area (Å²) in [5.74, 6) is 1.65. The highest BCUT2D eigenvalue weighted by Crippen LogP contribution is 2.22. The Kier molecular flexibility index (Phi) is 3.51. The second-order valence-corrected chi connectivity index (χ2v) is 5.96. The summed E-state index contributed by atoms with van der Waals surface area (Å²) in [6.07, 6.45) is 10.3. The van der Waals surface area contributed by atoms with E-state index in [0.717, 1.165) is 11.8 Å². The summed E-state index contributed by atoms with van der Waals surface area (Å²) in [6, 6.07) is 12.9. The Balaban J connectivity index is 1.63. The van der Waals surface area contributed by atoms with Gasteiger partial charge in [0.1, 0.15) is 5.82 Å². The van der Waals surface area contributed by atoms with Crippen LogP contribution in [-0.2, 0) is 0 Å². The fourth-order valence-electron chi connectivity index (χ4n) is 3.27. The van der Waals surface area contributed by atoms with Crippen molar-refractivity contribution in [2.45, 2.75) is 38.1 Å². The van der Waals surface area contributed by atoms with Gasteiger partial charge in [0.2, 0.25) is 5.95 Å². The van der Waals surface area contributed by atoms with Gasteiger partial charge in [-0.1, -0.05) is 37.5 Å². The highest BCUT2D eigenvalue weighted by molar-refractivity contribution is 5.81. The monoisotopic (exact) mass is 292 g/mol. The van der Waals surface area contributed by atoms with Crippen molar-refractivity contribution in [3.8, 4) is 5.82 Å². The number of para-hydroxylation sites is 1. The third kappa shape index (κ3) is 2.56. The molecule has 1 aliphatic rings. The summed E-state index contributed by atoms with van der Waals surface area (Å²) < 4.78 is 2.11. The van der Waals surface area contributed by atoms with E-state index in [2.05, 4.69) is 51.4 Å². The Morgan fingerprint density at radius 3 is 2.77 bits per heavy atom. The number of fused-ring (bicyclic) bond motifs is 1. The van der Waals surface area contributed by atoms with E-state index in [0.29, 0.717) is 6.04 Å². The summed E-state index contributed by atoms with van der Waals surface area (Å²) >= 11 is 0. The van der Waals surface area contributed by atoms with E-state index >= 15 is 0 Å². The summed E-state index contributed by atoms with van der Waals surface area (Å²) in [4.78, 5) is 9.09. The van der Waals surface area contributed by atoms with Gasteiger partial charge in [0.15, 0.2) is 0 Å². The fourth-order valence-corrected chi connectivity index (χ4v) is 3.27. The van der Waals surface area contributed by atoms with Crippen molar-refractivity contribution < 1.29 is 0 Å². The molecular formula is C18H20N4. The van der Waals surface area contributed by atoms with E-state index in [-0.39, 0.29) is 0 Å². The van der Waals surface area contributed by atoms with Crippen molar-refractivity contribution in [1.82, 2.24) is 14.5 Å². The zero-order valence-corrected chi connectivity index (χ0v) is 12.6. The van der Waals surface area contributed by atoms with E-state index in [1.54, 1.807) is 0 Å². The van der Waals surface area contributed by atoms with Crippen LogP contribution in [-0.4, -0.2) is 20.6 Å². The predicted molar refractivity (Wildman–Crippen MR) is 89.4 cm³/mol. The maximum Gasteiger partial charge on any atom is 0.224 e. The predicted octanol–water partition coefficient (Wildman–Crippen LogP) is 4.17. The van der Waals surface area contributed by atoms with Gasteiger partial charge in [0, 0.05) is 18.4 Å². The lowest BCUT2D eigenvalue weighted by Crippen LogP contribution is -2.23. The number of hydrogen-bond acceptors (Lipinski definition) is 3. The van der Waals surface area contributed by atoms with Gasteiger partial charge >= 0.3 is 0 Å². The molecule has 4 heteroatoms. The van der Waals surface area contributed by atoms with Crippen molar-refractivity contribution in [2.75, 3.05) is 5.32 Å². The number of aromatic nitrogens is 3. The van der Waals surface area contributed by atoms with Gasteiger partial charge in [0.25, 0.3) is 0 Å². The van der Waals surface area contributed by atoms with Crippen LogP contribution in [0, 0.1) is 0 Å². The number of rotatable bonds is 3. The molecule has 0 amide bonds. The van der Waals surface area contributed by atoms with Gasteiger partial charge in [-0.3, -0.25) is 0 Å². The van der Waals surface area contributed by atoms with Crippen LogP contribution in [0.3, 0.4) is 0 Å². The molecule has 4 rings (SSSR count). The zero-order chi connectivity index (χ0) is 14.8. The normalized spacial score (nSPS) is 16.0. The van der Waals surface area contributed by atoms with Crippen molar-refractivity contribution in [1.29, 1.82) is 0 Å². The molecule has 112 valence electrons. The molecule has 0 unspecified atom stereocenters. The van der Waals surface area contributed by atoms with Crippen molar-refractivity contribution in [3.05, 3.63) is 48.8 Å². The molecule has 1 saturated carbocycles. The fraction of sp³-hybridized carbons (Fsp3) is 0.333. The standard InChI is InChI=1S/C18H20N4/c1-2-7-15(8-3-1)20-18-19-12-10-17(21-18)22-13-11-14-6-4-5-9-16(14)22/h4-6,9-13,15H,1-3,7-8H2,(H,19,20,21). The molecule has 2 heterocycles. The van der Waals surface area contributed by atoms with E-state index in [1.807, 2.05) is 12.3 Å². The maximum absolute atomic E-state index is 4.70. The largest absolute Gasteiger partial charge is 0.351 e. The van der Waals surface area contributed by atoms with Gasteiger partial charge in [-0.2, -0.15) is 4.98 Å². The minimum atomic E-state index is 0.519. The Hall–Kier alpha value is -2.36. The summed E-state index contributed by atoms with van der Waals surface area (Å²) in [7, 11) is 0. The number of hydrogen-bond donors (Lipinski definition) is 1. The molecule has 0 spiro atoms. The third-order valence-electron chi connectivity index (χ3n) is 4.43. The Labute approximate surface area is 130 Å². The van der Waals surface area contributed by atoms with Gasteiger partial charge in [-0.05, 0) is 36.4 Å². The van der Waals surface area contributed by atoms with Crippen LogP contribution in [0.2, 0.25) is 0 Å². The first-order chi connectivity index (χ1) is 10.9. The maximum atomic E-state index is 4.70. The first-order valence-corrected chi connectivity index (χ1v) is 8.06. The Bertz CT molecular complexity index is 771. The molecule has 3 aromatic rings. The van der Waals surface area contributed by atoms with E-state index in [4.69, 9.17) is 4.98 Å². The molecule has 0 atom stereocenters.